The van der Waals surface area contributed by atoms with Gasteiger partial charge in [-0.1, -0.05) is 15.9 Å². The topological polar surface area (TPSA) is 60.8 Å². The van der Waals surface area contributed by atoms with Crippen molar-refractivity contribution in [3.8, 4) is 0 Å². The van der Waals surface area contributed by atoms with Gasteiger partial charge in [0.15, 0.2) is 0 Å². The fourth-order valence-electron chi connectivity index (χ4n) is 3.35. The Morgan fingerprint density at radius 2 is 1.88 bits per heavy atom. The van der Waals surface area contributed by atoms with Crippen LogP contribution in [0, 0.1) is 5.82 Å². The summed E-state index contributed by atoms with van der Waals surface area (Å²) in [6, 6.07) is 4.83. The Labute approximate surface area is 157 Å². The third-order valence-electron chi connectivity index (χ3n) is 4.66. The Kier molecular flexibility index (Phi) is 5.39. The predicted molar refractivity (Wildman–Crippen MR) is 99.1 cm³/mol. The normalized spacial score (nSPS) is 23.0. The van der Waals surface area contributed by atoms with Gasteiger partial charge in [-0.05, 0) is 49.0 Å². The van der Waals surface area contributed by atoms with Crippen LogP contribution in [-0.4, -0.2) is 51.4 Å². The molecular formula is C16H19BrFNO3S2. The molecular weight excluding hydrogens is 417 g/mol. The number of nitrogens with zero attached hydrogens (tertiary/aromatic N) is 1. The molecule has 0 atom stereocenters. The zero-order valence-corrected chi connectivity index (χ0v) is 16.2. The molecule has 0 saturated carbocycles. The van der Waals surface area contributed by atoms with E-state index in [1.54, 1.807) is 35.7 Å². The predicted octanol–water partition coefficient (Wildman–Crippen LogP) is 4.12. The number of thioether (sulfide) groups is 2. The van der Waals surface area contributed by atoms with Crippen molar-refractivity contribution in [2.45, 2.75) is 28.9 Å². The molecule has 2 aliphatic heterocycles. The third kappa shape index (κ3) is 3.18. The molecule has 0 radical (unpaired) electrons. The lowest BCUT2D eigenvalue weighted by Gasteiger charge is -2.51. The average Bonchev–Trinajstić information content (AvgIpc) is 2.58. The molecule has 0 bridgehead atoms. The van der Waals surface area contributed by atoms with Gasteiger partial charge in [-0.25, -0.2) is 9.18 Å². The van der Waals surface area contributed by atoms with E-state index < -0.39 is 15.8 Å². The monoisotopic (exact) mass is 435 g/mol. The number of aliphatic hydroxyl groups is 1. The van der Waals surface area contributed by atoms with E-state index in [9.17, 15) is 14.3 Å². The maximum absolute atomic E-state index is 14.7. The molecule has 3 rings (SSSR count). The molecule has 24 heavy (non-hydrogen) atoms. The maximum Gasteiger partial charge on any atom is 0.407 e. The zero-order chi connectivity index (χ0) is 17.4. The van der Waals surface area contributed by atoms with Crippen LogP contribution in [0.15, 0.2) is 22.7 Å². The standard InChI is InChI=1S/C16H19BrFNO3S2/c17-11-2-3-13(18)12(10-11)16(23-8-1-9-24-16)15(22)4-6-19(7-5-15)14(20)21/h2-3,10,22H,1,4-9H2,(H,20,21). The van der Waals surface area contributed by atoms with Crippen LogP contribution in [-0.2, 0) is 4.08 Å². The molecule has 0 unspecified atom stereocenters. The Hall–Kier alpha value is -0.440. The first-order valence-electron chi connectivity index (χ1n) is 7.82. The van der Waals surface area contributed by atoms with E-state index in [0.717, 1.165) is 22.4 Å². The van der Waals surface area contributed by atoms with Crippen LogP contribution in [0.5, 0.6) is 0 Å². The van der Waals surface area contributed by atoms with Crippen LogP contribution in [0.1, 0.15) is 24.8 Å². The fraction of sp³-hybridized carbons (Fsp3) is 0.562. The van der Waals surface area contributed by atoms with Gasteiger partial charge >= 0.3 is 6.09 Å². The van der Waals surface area contributed by atoms with E-state index in [1.807, 2.05) is 0 Å². The van der Waals surface area contributed by atoms with Gasteiger partial charge < -0.3 is 15.1 Å². The van der Waals surface area contributed by atoms with Gasteiger partial charge in [-0.2, -0.15) is 0 Å². The summed E-state index contributed by atoms with van der Waals surface area (Å²) in [5.74, 6) is 1.38. The van der Waals surface area contributed by atoms with Gasteiger partial charge in [0.1, 0.15) is 9.90 Å². The second-order valence-corrected chi connectivity index (χ2v) is 9.89. The molecule has 2 aliphatic rings. The van der Waals surface area contributed by atoms with Gasteiger partial charge in [0.05, 0.1) is 5.60 Å². The van der Waals surface area contributed by atoms with E-state index in [4.69, 9.17) is 5.11 Å². The summed E-state index contributed by atoms with van der Waals surface area (Å²) in [4.78, 5) is 12.5. The van der Waals surface area contributed by atoms with Crippen molar-refractivity contribution < 1.29 is 19.4 Å². The minimum absolute atomic E-state index is 0.268. The molecule has 1 amide bonds. The van der Waals surface area contributed by atoms with Crippen molar-refractivity contribution in [1.82, 2.24) is 4.90 Å². The quantitative estimate of drug-likeness (QED) is 0.731. The van der Waals surface area contributed by atoms with Gasteiger partial charge in [0, 0.05) is 23.1 Å². The molecule has 2 N–H and O–H groups in total. The number of piperidine rings is 1. The summed E-state index contributed by atoms with van der Waals surface area (Å²) in [7, 11) is 0. The molecule has 4 nitrogen and oxygen atoms in total. The number of carbonyl (C=O) groups is 1. The Balaban J connectivity index is 2.00. The summed E-state index contributed by atoms with van der Waals surface area (Å²) >= 11 is 6.58. The lowest BCUT2D eigenvalue weighted by atomic mass is 9.84. The summed E-state index contributed by atoms with van der Waals surface area (Å²) in [5, 5.41) is 20.6. The van der Waals surface area contributed by atoms with E-state index in [-0.39, 0.29) is 18.9 Å². The smallest absolute Gasteiger partial charge is 0.407 e. The number of rotatable bonds is 2. The van der Waals surface area contributed by atoms with Gasteiger partial charge in [0.25, 0.3) is 0 Å². The maximum atomic E-state index is 14.7. The van der Waals surface area contributed by atoms with Crippen LogP contribution in [0.2, 0.25) is 0 Å². The number of hydrogen-bond donors (Lipinski definition) is 2. The number of hydrogen-bond acceptors (Lipinski definition) is 4. The largest absolute Gasteiger partial charge is 0.465 e. The van der Waals surface area contributed by atoms with Gasteiger partial charge in [0.2, 0.25) is 0 Å². The number of carboxylic acid groups (broad SMARTS) is 1. The summed E-state index contributed by atoms with van der Waals surface area (Å²) in [5.41, 5.74) is -0.645. The van der Waals surface area contributed by atoms with Crippen LogP contribution in [0.25, 0.3) is 0 Å². The minimum atomic E-state index is -1.14. The van der Waals surface area contributed by atoms with Crippen LogP contribution in [0.3, 0.4) is 0 Å². The van der Waals surface area contributed by atoms with Crippen molar-refractivity contribution in [3.63, 3.8) is 0 Å². The first-order chi connectivity index (χ1) is 11.4. The van der Waals surface area contributed by atoms with E-state index in [1.165, 1.54) is 11.0 Å². The van der Waals surface area contributed by atoms with Crippen LogP contribution >= 0.6 is 39.5 Å². The second kappa shape index (κ2) is 7.05. The minimum Gasteiger partial charge on any atom is -0.465 e. The van der Waals surface area contributed by atoms with Crippen molar-refractivity contribution in [2.75, 3.05) is 24.6 Å². The molecule has 2 saturated heterocycles. The van der Waals surface area contributed by atoms with Crippen LogP contribution in [0.4, 0.5) is 9.18 Å². The highest BCUT2D eigenvalue weighted by atomic mass is 79.9. The molecule has 0 aliphatic carbocycles. The van der Waals surface area contributed by atoms with E-state index >= 15 is 0 Å². The number of benzene rings is 1. The Morgan fingerprint density at radius 1 is 1.25 bits per heavy atom. The lowest BCUT2D eigenvalue weighted by Crippen LogP contribution is -2.56. The molecule has 0 aromatic heterocycles. The average molecular weight is 436 g/mol. The van der Waals surface area contributed by atoms with Gasteiger partial charge in [-0.3, -0.25) is 0 Å². The Morgan fingerprint density at radius 3 is 2.46 bits per heavy atom. The first-order valence-corrected chi connectivity index (χ1v) is 10.6. The molecule has 8 heteroatoms. The van der Waals surface area contributed by atoms with Crippen LogP contribution < -0.4 is 0 Å². The van der Waals surface area contributed by atoms with Crippen molar-refractivity contribution >= 4 is 45.5 Å². The number of halogens is 2. The SMILES string of the molecule is O=C(O)N1CCC(O)(C2(c3cc(Br)ccc3F)SCCCS2)CC1. The van der Waals surface area contributed by atoms with Crippen molar-refractivity contribution in [1.29, 1.82) is 0 Å². The molecule has 2 fully saturated rings. The summed E-state index contributed by atoms with van der Waals surface area (Å²) < 4.78 is 14.6. The Bertz CT molecular complexity index is 632. The molecule has 2 heterocycles. The third-order valence-corrected chi connectivity index (χ3v) is 8.85. The van der Waals surface area contributed by atoms with E-state index in [2.05, 4.69) is 15.9 Å². The van der Waals surface area contributed by atoms with E-state index in [0.29, 0.717) is 18.4 Å². The number of likely N-dealkylation sites (tertiary alicyclic amines) is 1. The van der Waals surface area contributed by atoms with Gasteiger partial charge in [-0.15, -0.1) is 23.5 Å². The highest BCUT2D eigenvalue weighted by molar-refractivity contribution is 9.10. The molecule has 0 spiro atoms. The molecule has 1 aromatic rings. The lowest BCUT2D eigenvalue weighted by molar-refractivity contribution is -0.0279. The summed E-state index contributed by atoms with van der Waals surface area (Å²) in [6.07, 6.45) is 0.671. The summed E-state index contributed by atoms with van der Waals surface area (Å²) in [6.45, 7) is 0.536. The van der Waals surface area contributed by atoms with Crippen molar-refractivity contribution in [3.05, 3.63) is 34.1 Å². The highest BCUT2D eigenvalue weighted by Gasteiger charge is 2.55. The second-order valence-electron chi connectivity index (χ2n) is 6.09. The first kappa shape index (κ1) is 18.4. The fourth-order valence-corrected chi connectivity index (χ4v) is 7.45. The zero-order valence-electron chi connectivity index (χ0n) is 13.0. The highest BCUT2D eigenvalue weighted by Crippen LogP contribution is 2.60. The number of amides is 1. The molecule has 1 aromatic carbocycles. The van der Waals surface area contributed by atoms with Crippen molar-refractivity contribution in [2.24, 2.45) is 0 Å². The molecule has 132 valence electrons.